The van der Waals surface area contributed by atoms with Crippen LogP contribution in [0, 0.1) is 3.57 Å². The van der Waals surface area contributed by atoms with Gasteiger partial charge in [-0.2, -0.15) is 0 Å². The van der Waals surface area contributed by atoms with E-state index in [9.17, 15) is 4.79 Å². The molecule has 0 saturated heterocycles. The van der Waals surface area contributed by atoms with Crippen LogP contribution in [0.2, 0.25) is 0 Å². The third kappa shape index (κ3) is 3.56. The van der Waals surface area contributed by atoms with Crippen LogP contribution in [-0.4, -0.2) is 11.4 Å². The molecule has 0 aromatic heterocycles. The maximum absolute atomic E-state index is 12.0. The van der Waals surface area contributed by atoms with Gasteiger partial charge in [-0.1, -0.05) is 12.8 Å². The van der Waals surface area contributed by atoms with E-state index in [2.05, 4.69) is 27.9 Å². The highest BCUT2D eigenvalue weighted by Crippen LogP contribution is 2.28. The molecule has 1 aliphatic rings. The Morgan fingerprint density at radius 3 is 2.29 bits per heavy atom. The zero-order valence-electron chi connectivity index (χ0n) is 9.41. The first kappa shape index (κ1) is 14.7. The van der Waals surface area contributed by atoms with Crippen molar-refractivity contribution >= 4 is 46.6 Å². The van der Waals surface area contributed by atoms with Crippen molar-refractivity contribution in [3.8, 4) is 0 Å². The number of nitrogens with two attached hydrogens (primary N) is 1. The Bertz CT molecular complexity index is 388. The molecule has 5 heteroatoms. The predicted molar refractivity (Wildman–Crippen MR) is 80.4 cm³/mol. The lowest BCUT2D eigenvalue weighted by Crippen LogP contribution is -2.48. The quantitative estimate of drug-likeness (QED) is 0.791. The molecule has 0 unspecified atom stereocenters. The molecule has 1 aliphatic carbocycles. The minimum absolute atomic E-state index is 0. The Morgan fingerprint density at radius 1 is 1.24 bits per heavy atom. The second-order valence-electron chi connectivity index (χ2n) is 4.32. The molecule has 3 nitrogen and oxygen atoms in total. The van der Waals surface area contributed by atoms with Crippen LogP contribution in [0.4, 0.5) is 5.69 Å². The second kappa shape index (κ2) is 6.02. The van der Waals surface area contributed by atoms with Gasteiger partial charge >= 0.3 is 0 Å². The van der Waals surface area contributed by atoms with Gasteiger partial charge in [-0.05, 0) is 59.7 Å². The van der Waals surface area contributed by atoms with Gasteiger partial charge in [0.1, 0.15) is 0 Å². The van der Waals surface area contributed by atoms with Gasteiger partial charge in [0, 0.05) is 9.26 Å². The van der Waals surface area contributed by atoms with E-state index in [1.54, 1.807) is 0 Å². The van der Waals surface area contributed by atoms with Gasteiger partial charge in [0.05, 0.1) is 5.54 Å². The van der Waals surface area contributed by atoms with Crippen molar-refractivity contribution in [2.45, 2.75) is 31.2 Å². The van der Waals surface area contributed by atoms with Crippen molar-refractivity contribution < 1.29 is 4.79 Å². The van der Waals surface area contributed by atoms with Crippen molar-refractivity contribution in [3.05, 3.63) is 27.8 Å². The van der Waals surface area contributed by atoms with Gasteiger partial charge in [-0.15, -0.1) is 12.4 Å². The summed E-state index contributed by atoms with van der Waals surface area (Å²) in [6.07, 6.45) is 3.69. The summed E-state index contributed by atoms with van der Waals surface area (Å²) in [6, 6.07) is 7.73. The van der Waals surface area contributed by atoms with Gasteiger partial charge in [0.25, 0.3) is 0 Å². The minimum Gasteiger partial charge on any atom is -0.324 e. The van der Waals surface area contributed by atoms with Crippen LogP contribution in [0.1, 0.15) is 25.7 Å². The summed E-state index contributed by atoms with van der Waals surface area (Å²) in [5, 5.41) is 2.88. The number of nitrogens with one attached hydrogen (secondary N) is 1. The van der Waals surface area contributed by atoms with Crippen LogP contribution < -0.4 is 11.1 Å². The molecule has 0 radical (unpaired) electrons. The maximum Gasteiger partial charge on any atom is 0.244 e. The first-order valence-electron chi connectivity index (χ1n) is 5.46. The molecule has 0 atom stereocenters. The number of hydrogen-bond donors (Lipinski definition) is 2. The highest BCUT2D eigenvalue weighted by atomic mass is 127. The third-order valence-corrected chi connectivity index (χ3v) is 3.77. The fraction of sp³-hybridized carbons (Fsp3) is 0.417. The average molecular weight is 367 g/mol. The van der Waals surface area contributed by atoms with Crippen LogP contribution in [0.15, 0.2) is 24.3 Å². The van der Waals surface area contributed by atoms with Crippen molar-refractivity contribution in [2.75, 3.05) is 5.32 Å². The van der Waals surface area contributed by atoms with Gasteiger partial charge in [-0.3, -0.25) is 4.79 Å². The second-order valence-corrected chi connectivity index (χ2v) is 5.57. The Labute approximate surface area is 121 Å². The first-order chi connectivity index (χ1) is 7.60. The van der Waals surface area contributed by atoms with Gasteiger partial charge in [-0.25, -0.2) is 0 Å². The number of halogens is 2. The van der Waals surface area contributed by atoms with Crippen LogP contribution in [-0.2, 0) is 4.79 Å². The number of carbonyl (C=O) groups excluding carboxylic acids is 1. The van der Waals surface area contributed by atoms with Gasteiger partial charge in [0.15, 0.2) is 0 Å². The van der Waals surface area contributed by atoms with Crippen LogP contribution in [0.5, 0.6) is 0 Å². The molecule has 3 N–H and O–H groups in total. The fourth-order valence-corrected chi connectivity index (χ4v) is 2.38. The molecule has 1 fully saturated rings. The van der Waals surface area contributed by atoms with Crippen LogP contribution in [0.25, 0.3) is 0 Å². The lowest BCUT2D eigenvalue weighted by Gasteiger charge is -2.22. The Morgan fingerprint density at radius 2 is 1.76 bits per heavy atom. The summed E-state index contributed by atoms with van der Waals surface area (Å²) in [4.78, 5) is 12.0. The number of carbonyl (C=O) groups is 1. The summed E-state index contributed by atoms with van der Waals surface area (Å²) in [5.41, 5.74) is 6.24. The number of benzene rings is 1. The van der Waals surface area contributed by atoms with E-state index in [4.69, 9.17) is 5.73 Å². The molecule has 0 spiro atoms. The number of rotatable bonds is 2. The number of hydrogen-bond acceptors (Lipinski definition) is 2. The van der Waals surface area contributed by atoms with Crippen LogP contribution in [0.3, 0.4) is 0 Å². The Balaban J connectivity index is 0.00000144. The van der Waals surface area contributed by atoms with Crippen molar-refractivity contribution in [3.63, 3.8) is 0 Å². The van der Waals surface area contributed by atoms with Crippen LogP contribution >= 0.6 is 35.0 Å². The molecule has 17 heavy (non-hydrogen) atoms. The fourth-order valence-electron chi connectivity index (χ4n) is 2.02. The smallest absolute Gasteiger partial charge is 0.244 e. The van der Waals surface area contributed by atoms with E-state index in [1.165, 1.54) is 0 Å². The summed E-state index contributed by atoms with van der Waals surface area (Å²) >= 11 is 2.23. The number of anilines is 1. The normalized spacial score (nSPS) is 17.3. The molecule has 1 aromatic carbocycles. The molecular weight excluding hydrogens is 351 g/mol. The molecule has 94 valence electrons. The average Bonchev–Trinajstić information content (AvgIpc) is 2.70. The van der Waals surface area contributed by atoms with Crippen molar-refractivity contribution in [2.24, 2.45) is 5.73 Å². The highest BCUT2D eigenvalue weighted by molar-refractivity contribution is 14.1. The van der Waals surface area contributed by atoms with Crippen molar-refractivity contribution in [1.29, 1.82) is 0 Å². The Kier molecular flexibility index (Phi) is 5.22. The molecule has 0 heterocycles. The molecule has 1 saturated carbocycles. The summed E-state index contributed by atoms with van der Waals surface area (Å²) in [7, 11) is 0. The zero-order chi connectivity index (χ0) is 11.6. The van der Waals surface area contributed by atoms with E-state index < -0.39 is 5.54 Å². The standard InChI is InChI=1S/C12H15IN2O.ClH/c13-9-3-5-10(6-4-9)15-11(16)12(14)7-1-2-8-12;/h3-6H,1-2,7-8,14H2,(H,15,16);1H. The topological polar surface area (TPSA) is 55.1 Å². The van der Waals surface area contributed by atoms with E-state index in [0.717, 1.165) is 34.9 Å². The minimum atomic E-state index is -0.650. The molecular formula is C12H16ClIN2O. The lowest BCUT2D eigenvalue weighted by atomic mass is 9.98. The summed E-state index contributed by atoms with van der Waals surface area (Å²) in [5.74, 6) is -0.0498. The third-order valence-electron chi connectivity index (χ3n) is 3.05. The van der Waals surface area contributed by atoms with Gasteiger partial charge < -0.3 is 11.1 Å². The Hall–Kier alpha value is -0.330. The van der Waals surface area contributed by atoms with E-state index >= 15 is 0 Å². The maximum atomic E-state index is 12.0. The summed E-state index contributed by atoms with van der Waals surface area (Å²) in [6.45, 7) is 0. The highest BCUT2D eigenvalue weighted by Gasteiger charge is 2.36. The predicted octanol–water partition coefficient (Wildman–Crippen LogP) is 2.92. The molecule has 2 rings (SSSR count). The first-order valence-corrected chi connectivity index (χ1v) is 6.54. The monoisotopic (exact) mass is 366 g/mol. The largest absolute Gasteiger partial charge is 0.324 e. The molecule has 1 aromatic rings. The zero-order valence-corrected chi connectivity index (χ0v) is 12.4. The molecule has 1 amide bonds. The SMILES string of the molecule is Cl.NC1(C(=O)Nc2ccc(I)cc2)CCCC1. The van der Waals surface area contributed by atoms with Gasteiger partial charge in [0.2, 0.25) is 5.91 Å². The summed E-state index contributed by atoms with van der Waals surface area (Å²) < 4.78 is 1.15. The molecule has 0 bridgehead atoms. The van der Waals surface area contributed by atoms with E-state index in [0.29, 0.717) is 0 Å². The lowest BCUT2D eigenvalue weighted by molar-refractivity contribution is -0.121. The van der Waals surface area contributed by atoms with E-state index in [-0.39, 0.29) is 18.3 Å². The molecule has 0 aliphatic heterocycles. The van der Waals surface area contributed by atoms with Crippen molar-refractivity contribution in [1.82, 2.24) is 0 Å². The van der Waals surface area contributed by atoms with E-state index in [1.807, 2.05) is 24.3 Å². The number of amides is 1.